The van der Waals surface area contributed by atoms with Gasteiger partial charge in [-0.3, -0.25) is 4.72 Å². The number of benzene rings is 2. The molecule has 0 bridgehead atoms. The summed E-state index contributed by atoms with van der Waals surface area (Å²) in [5.41, 5.74) is 0.292. The molecule has 9 heteroatoms. The topological polar surface area (TPSA) is 92.8 Å². The van der Waals surface area contributed by atoms with Crippen LogP contribution < -0.4 is 9.46 Å². The van der Waals surface area contributed by atoms with Crippen molar-refractivity contribution in [3.63, 3.8) is 0 Å². The summed E-state index contributed by atoms with van der Waals surface area (Å²) in [5.74, 6) is 0.556. The van der Waals surface area contributed by atoms with Crippen molar-refractivity contribution in [2.45, 2.75) is 47.9 Å². The summed E-state index contributed by atoms with van der Waals surface area (Å²) in [5, 5.41) is 0. The van der Waals surface area contributed by atoms with Gasteiger partial charge in [-0.2, -0.15) is 4.31 Å². The second-order valence-corrected chi connectivity index (χ2v) is 10.8. The van der Waals surface area contributed by atoms with Crippen LogP contribution in [0.4, 0.5) is 5.69 Å². The van der Waals surface area contributed by atoms with Crippen LogP contribution in [0.25, 0.3) is 0 Å². The Morgan fingerprint density at radius 2 is 1.41 bits per heavy atom. The third kappa shape index (κ3) is 4.91. The molecule has 158 valence electrons. The molecule has 1 aliphatic rings. The molecule has 2 aromatic rings. The van der Waals surface area contributed by atoms with E-state index >= 15 is 0 Å². The Balaban J connectivity index is 1.75. The molecule has 0 saturated heterocycles. The number of hydrogen-bond donors (Lipinski definition) is 1. The van der Waals surface area contributed by atoms with E-state index in [2.05, 4.69) is 4.72 Å². The van der Waals surface area contributed by atoms with Gasteiger partial charge in [-0.1, -0.05) is 19.3 Å². The van der Waals surface area contributed by atoms with Gasteiger partial charge >= 0.3 is 0 Å². The number of anilines is 1. The molecule has 0 atom stereocenters. The van der Waals surface area contributed by atoms with Crippen molar-refractivity contribution in [2.75, 3.05) is 18.9 Å². The number of ether oxygens (including phenoxy) is 1. The van der Waals surface area contributed by atoms with E-state index in [0.29, 0.717) is 11.4 Å². The Hall–Kier alpha value is -2.10. The first-order valence-corrected chi connectivity index (χ1v) is 12.4. The zero-order chi connectivity index (χ0) is 21.1. The fourth-order valence-corrected chi connectivity index (χ4v) is 5.95. The lowest BCUT2D eigenvalue weighted by molar-refractivity contribution is 0.286. The van der Waals surface area contributed by atoms with Gasteiger partial charge in [-0.05, 0) is 61.4 Å². The molecule has 0 heterocycles. The van der Waals surface area contributed by atoms with E-state index in [-0.39, 0.29) is 15.8 Å². The third-order valence-corrected chi connectivity index (χ3v) is 8.56. The maximum absolute atomic E-state index is 12.9. The van der Waals surface area contributed by atoms with Crippen LogP contribution in [0, 0.1) is 0 Å². The fraction of sp³-hybridized carbons (Fsp3) is 0.400. The van der Waals surface area contributed by atoms with Crippen molar-refractivity contribution in [2.24, 2.45) is 0 Å². The molecule has 7 nitrogen and oxygen atoms in total. The first-order valence-electron chi connectivity index (χ1n) is 9.49. The van der Waals surface area contributed by atoms with Crippen molar-refractivity contribution >= 4 is 25.7 Å². The number of sulfonamides is 2. The van der Waals surface area contributed by atoms with E-state index in [9.17, 15) is 16.8 Å². The van der Waals surface area contributed by atoms with E-state index in [0.717, 1.165) is 32.1 Å². The summed E-state index contributed by atoms with van der Waals surface area (Å²) in [4.78, 5) is 0.241. The van der Waals surface area contributed by atoms with E-state index in [1.807, 2.05) is 0 Å². The minimum absolute atomic E-state index is 0.0157. The van der Waals surface area contributed by atoms with Crippen LogP contribution in [0.1, 0.15) is 32.1 Å². The molecule has 2 aromatic carbocycles. The van der Waals surface area contributed by atoms with Gasteiger partial charge in [0.1, 0.15) is 5.75 Å². The van der Waals surface area contributed by atoms with Crippen LogP contribution in [0.3, 0.4) is 0 Å². The van der Waals surface area contributed by atoms with Crippen molar-refractivity contribution in [1.29, 1.82) is 0 Å². The van der Waals surface area contributed by atoms with Gasteiger partial charge in [-0.15, -0.1) is 0 Å². The van der Waals surface area contributed by atoms with Gasteiger partial charge in [0.25, 0.3) is 10.0 Å². The average Bonchev–Trinajstić information content (AvgIpc) is 2.74. The number of methoxy groups -OCH3 is 1. The lowest BCUT2D eigenvalue weighted by atomic mass is 9.96. The molecule has 1 saturated carbocycles. The summed E-state index contributed by atoms with van der Waals surface area (Å²) >= 11 is 0. The van der Waals surface area contributed by atoms with Crippen LogP contribution in [0.5, 0.6) is 5.75 Å². The summed E-state index contributed by atoms with van der Waals surface area (Å²) in [6.45, 7) is 0. The molecule has 0 aliphatic heterocycles. The van der Waals surface area contributed by atoms with Crippen molar-refractivity contribution < 1.29 is 21.6 Å². The maximum Gasteiger partial charge on any atom is 0.261 e. The number of nitrogens with one attached hydrogen (secondary N) is 1. The summed E-state index contributed by atoms with van der Waals surface area (Å²) in [6.07, 6.45) is 4.96. The third-order valence-electron chi connectivity index (χ3n) is 5.24. The van der Waals surface area contributed by atoms with E-state index in [1.165, 1.54) is 47.8 Å². The highest BCUT2D eigenvalue weighted by Crippen LogP contribution is 2.27. The maximum atomic E-state index is 12.9. The standard InChI is InChI=1S/C20H26N2O5S2/c1-22(17-6-4-3-5-7-17)29(25,26)20-12-8-16(9-13-20)21-28(23,24)19-14-10-18(27-2)11-15-19/h8-15,17,21H,3-7H2,1-2H3. The molecule has 0 aromatic heterocycles. The molecule has 1 aliphatic carbocycles. The first kappa shape index (κ1) is 21.6. The van der Waals surface area contributed by atoms with Crippen molar-refractivity contribution in [3.05, 3.63) is 48.5 Å². The van der Waals surface area contributed by atoms with Crippen molar-refractivity contribution in [1.82, 2.24) is 4.31 Å². The van der Waals surface area contributed by atoms with Crippen molar-refractivity contribution in [3.8, 4) is 5.75 Å². The average molecular weight is 439 g/mol. The lowest BCUT2D eigenvalue weighted by Crippen LogP contribution is -2.38. The normalized spacial score (nSPS) is 16.0. The minimum Gasteiger partial charge on any atom is -0.497 e. The van der Waals surface area contributed by atoms with E-state index < -0.39 is 20.0 Å². The largest absolute Gasteiger partial charge is 0.497 e. The van der Waals surface area contributed by atoms with Crippen LogP contribution in [-0.4, -0.2) is 41.3 Å². The van der Waals surface area contributed by atoms with Crippen LogP contribution >= 0.6 is 0 Å². The SMILES string of the molecule is COc1ccc(S(=O)(=O)Nc2ccc(S(=O)(=O)N(C)C3CCCCC3)cc2)cc1. The molecule has 0 amide bonds. The van der Waals surface area contributed by atoms with Gasteiger partial charge in [0.2, 0.25) is 10.0 Å². The molecule has 29 heavy (non-hydrogen) atoms. The molecule has 1 fully saturated rings. The highest BCUT2D eigenvalue weighted by molar-refractivity contribution is 7.92. The Morgan fingerprint density at radius 3 is 1.97 bits per heavy atom. The zero-order valence-electron chi connectivity index (χ0n) is 16.5. The Bertz CT molecular complexity index is 1030. The van der Waals surface area contributed by atoms with Crippen LogP contribution in [-0.2, 0) is 20.0 Å². The fourth-order valence-electron chi connectivity index (χ4n) is 3.47. The quantitative estimate of drug-likeness (QED) is 0.715. The molecule has 1 N–H and O–H groups in total. The summed E-state index contributed by atoms with van der Waals surface area (Å²) in [7, 11) is -4.28. The summed E-state index contributed by atoms with van der Waals surface area (Å²) < 4.78 is 59.8. The molecule has 0 unspecified atom stereocenters. The Morgan fingerprint density at radius 1 is 0.862 bits per heavy atom. The van der Waals surface area contributed by atoms with E-state index in [4.69, 9.17) is 4.74 Å². The first-order chi connectivity index (χ1) is 13.7. The Kier molecular flexibility index (Phi) is 6.50. The molecule has 3 rings (SSSR count). The predicted molar refractivity (Wildman–Crippen MR) is 112 cm³/mol. The second-order valence-electron chi connectivity index (χ2n) is 7.12. The van der Waals surface area contributed by atoms with Gasteiger partial charge in [0, 0.05) is 18.8 Å². The lowest BCUT2D eigenvalue weighted by Gasteiger charge is -2.30. The highest BCUT2D eigenvalue weighted by atomic mass is 32.2. The monoisotopic (exact) mass is 438 g/mol. The molecular weight excluding hydrogens is 412 g/mol. The molecule has 0 spiro atoms. The van der Waals surface area contributed by atoms with Gasteiger partial charge in [-0.25, -0.2) is 16.8 Å². The number of rotatable bonds is 7. The zero-order valence-corrected chi connectivity index (χ0v) is 18.2. The minimum atomic E-state index is -3.79. The number of hydrogen-bond acceptors (Lipinski definition) is 5. The highest BCUT2D eigenvalue weighted by Gasteiger charge is 2.29. The molecule has 0 radical (unpaired) electrons. The predicted octanol–water partition coefficient (Wildman–Crippen LogP) is 3.45. The smallest absolute Gasteiger partial charge is 0.261 e. The summed E-state index contributed by atoms with van der Waals surface area (Å²) in [6, 6.07) is 11.8. The Labute approximate surface area is 172 Å². The van der Waals surface area contributed by atoms with E-state index in [1.54, 1.807) is 19.2 Å². The molecular formula is C20H26N2O5S2. The second kappa shape index (κ2) is 8.73. The van der Waals surface area contributed by atoms with Gasteiger partial charge in [0.05, 0.1) is 16.9 Å². The van der Waals surface area contributed by atoms with Crippen LogP contribution in [0.2, 0.25) is 0 Å². The van der Waals surface area contributed by atoms with Gasteiger partial charge in [0.15, 0.2) is 0 Å². The number of nitrogens with zero attached hydrogens (tertiary/aromatic N) is 1. The van der Waals surface area contributed by atoms with Crippen LogP contribution in [0.15, 0.2) is 58.3 Å². The van der Waals surface area contributed by atoms with Gasteiger partial charge < -0.3 is 4.74 Å².